The van der Waals surface area contributed by atoms with Gasteiger partial charge in [0.25, 0.3) is 0 Å². The predicted molar refractivity (Wildman–Crippen MR) is 205 cm³/mol. The lowest BCUT2D eigenvalue weighted by Gasteiger charge is -2.38. The number of carbonyl (C=O) groups is 1. The van der Waals surface area contributed by atoms with E-state index in [4.69, 9.17) is 24.7 Å². The maximum absolute atomic E-state index is 13.6. The van der Waals surface area contributed by atoms with Gasteiger partial charge in [-0.25, -0.2) is 29.1 Å². The Bertz CT molecular complexity index is 2100. The van der Waals surface area contributed by atoms with Crippen LogP contribution < -0.4 is 15.1 Å². The number of piperidine rings is 2. The van der Waals surface area contributed by atoms with Crippen molar-refractivity contribution < 1.29 is 13.9 Å². The third-order valence-corrected chi connectivity index (χ3v) is 10.8. The lowest BCUT2D eigenvalue weighted by Crippen LogP contribution is -2.51. The number of aryl methyl sites for hydroxylation is 1. The Labute approximate surface area is 313 Å². The Morgan fingerprint density at radius 3 is 2.25 bits per heavy atom. The second kappa shape index (κ2) is 15.1. The number of amides is 1. The van der Waals surface area contributed by atoms with E-state index < -0.39 is 5.60 Å². The van der Waals surface area contributed by atoms with E-state index in [9.17, 15) is 14.4 Å². The number of hydrogen-bond acceptors (Lipinski definition) is 11. The number of benzene rings is 1. The van der Waals surface area contributed by atoms with Crippen LogP contribution in [0.25, 0.3) is 28.0 Å². The number of aromatic nitrogens is 5. The molecule has 1 N–H and O–H groups in total. The molecule has 7 rings (SSSR count). The highest BCUT2D eigenvalue weighted by molar-refractivity contribution is 7.16. The second-order valence-corrected chi connectivity index (χ2v) is 15.7. The first-order chi connectivity index (χ1) is 25.5. The number of nitrogens with one attached hydrogen (secondary N) is 1. The molecule has 4 aromatic heterocycles. The molecule has 6 heterocycles. The molecule has 5 aromatic rings. The van der Waals surface area contributed by atoms with Crippen molar-refractivity contribution in [2.24, 2.45) is 0 Å². The van der Waals surface area contributed by atoms with Crippen molar-refractivity contribution in [1.29, 1.82) is 5.26 Å². The monoisotopic (exact) mass is 736 g/mol. The van der Waals surface area contributed by atoms with Gasteiger partial charge >= 0.3 is 6.09 Å². The first kappa shape index (κ1) is 36.2. The van der Waals surface area contributed by atoms with Crippen LogP contribution in [-0.4, -0.2) is 86.2 Å². The summed E-state index contributed by atoms with van der Waals surface area (Å²) in [6.07, 6.45) is 10.1. The van der Waals surface area contributed by atoms with E-state index >= 15 is 0 Å². The molecule has 2 aliphatic heterocycles. The molecule has 0 spiro atoms. The SMILES string of the molecule is CCc1nc2ccc(-c3cnc(N4CCC(NC5CCN(C(=O)OC(C)(C)C)CC5)CC4)nc3)cn2c1N(C)c1nc(-c2ccc(F)cc2)c(C#N)s1. The van der Waals surface area contributed by atoms with E-state index in [2.05, 4.69) is 23.2 Å². The number of anilines is 3. The van der Waals surface area contributed by atoms with Crippen LogP contribution in [0.4, 0.5) is 26.1 Å². The van der Waals surface area contributed by atoms with Gasteiger partial charge in [0.15, 0.2) is 5.13 Å². The van der Waals surface area contributed by atoms with E-state index in [1.54, 1.807) is 12.1 Å². The molecule has 276 valence electrons. The minimum Gasteiger partial charge on any atom is -0.444 e. The molecule has 0 radical (unpaired) electrons. The van der Waals surface area contributed by atoms with Gasteiger partial charge < -0.3 is 24.8 Å². The number of rotatable bonds is 8. The minimum absolute atomic E-state index is 0.220. The van der Waals surface area contributed by atoms with E-state index in [0.29, 0.717) is 52.9 Å². The van der Waals surface area contributed by atoms with Gasteiger partial charge in [-0.2, -0.15) is 5.26 Å². The third-order valence-electron chi connectivity index (χ3n) is 9.80. The summed E-state index contributed by atoms with van der Waals surface area (Å²) >= 11 is 1.29. The van der Waals surface area contributed by atoms with Crippen LogP contribution in [-0.2, 0) is 11.2 Å². The van der Waals surface area contributed by atoms with Gasteiger partial charge in [-0.05, 0) is 89.3 Å². The van der Waals surface area contributed by atoms with E-state index in [-0.39, 0.29) is 11.9 Å². The van der Waals surface area contributed by atoms with Crippen molar-refractivity contribution in [1.82, 2.24) is 34.6 Å². The van der Waals surface area contributed by atoms with Crippen molar-refractivity contribution in [2.75, 3.05) is 43.0 Å². The molecule has 2 fully saturated rings. The number of fused-ring (bicyclic) bond motifs is 1. The number of pyridine rings is 1. The lowest BCUT2D eigenvalue weighted by molar-refractivity contribution is 0.0195. The number of hydrogen-bond donors (Lipinski definition) is 1. The largest absolute Gasteiger partial charge is 0.444 e. The summed E-state index contributed by atoms with van der Waals surface area (Å²) in [4.78, 5) is 38.2. The van der Waals surface area contributed by atoms with Crippen molar-refractivity contribution >= 4 is 40.0 Å². The van der Waals surface area contributed by atoms with Crippen LogP contribution in [0, 0.1) is 17.1 Å². The van der Waals surface area contributed by atoms with Crippen molar-refractivity contribution in [3.05, 3.63) is 71.4 Å². The number of carbonyl (C=O) groups excluding carboxylic acids is 1. The highest BCUT2D eigenvalue weighted by atomic mass is 32.1. The van der Waals surface area contributed by atoms with Crippen molar-refractivity contribution in [2.45, 2.75) is 77.5 Å². The van der Waals surface area contributed by atoms with Crippen LogP contribution >= 0.6 is 11.3 Å². The Hall–Kier alpha value is -5.13. The van der Waals surface area contributed by atoms with Crippen LogP contribution in [0.1, 0.15) is 63.9 Å². The number of ether oxygens (including phenoxy) is 1. The third kappa shape index (κ3) is 7.96. The smallest absolute Gasteiger partial charge is 0.410 e. The zero-order valence-electron chi connectivity index (χ0n) is 30.8. The molecular formula is C39H45FN10O2S. The summed E-state index contributed by atoms with van der Waals surface area (Å²) in [5, 5.41) is 14.4. The number of halogens is 1. The lowest BCUT2D eigenvalue weighted by atomic mass is 10.00. The molecule has 0 aliphatic carbocycles. The zero-order valence-corrected chi connectivity index (χ0v) is 31.7. The molecule has 53 heavy (non-hydrogen) atoms. The molecule has 1 amide bonds. The summed E-state index contributed by atoms with van der Waals surface area (Å²) < 4.78 is 21.2. The Morgan fingerprint density at radius 2 is 1.62 bits per heavy atom. The maximum atomic E-state index is 13.6. The normalized spacial score (nSPS) is 15.9. The zero-order chi connectivity index (χ0) is 37.3. The van der Waals surface area contributed by atoms with E-state index in [1.807, 2.05) is 72.7 Å². The minimum atomic E-state index is -0.478. The summed E-state index contributed by atoms with van der Waals surface area (Å²) in [7, 11) is 1.93. The average molecular weight is 737 g/mol. The Kier molecular flexibility index (Phi) is 10.3. The first-order valence-corrected chi connectivity index (χ1v) is 19.0. The van der Waals surface area contributed by atoms with Gasteiger partial charge in [0, 0.05) is 80.6 Å². The van der Waals surface area contributed by atoms with E-state index in [1.165, 1.54) is 23.5 Å². The topological polar surface area (TPSA) is 128 Å². The second-order valence-electron chi connectivity index (χ2n) is 14.7. The Balaban J connectivity index is 1.00. The van der Waals surface area contributed by atoms with Gasteiger partial charge in [0.2, 0.25) is 5.95 Å². The summed E-state index contributed by atoms with van der Waals surface area (Å²) in [6, 6.07) is 13.1. The molecule has 2 saturated heterocycles. The Morgan fingerprint density at radius 1 is 0.981 bits per heavy atom. The summed E-state index contributed by atoms with van der Waals surface area (Å²) in [5.41, 5.74) is 4.28. The predicted octanol–water partition coefficient (Wildman–Crippen LogP) is 7.21. The molecule has 0 bridgehead atoms. The van der Waals surface area contributed by atoms with Gasteiger partial charge in [0.05, 0.1) is 5.69 Å². The fourth-order valence-electron chi connectivity index (χ4n) is 7.03. The van der Waals surface area contributed by atoms with Crippen molar-refractivity contribution in [3.8, 4) is 28.5 Å². The van der Waals surface area contributed by atoms with Crippen LogP contribution in [0.15, 0.2) is 55.0 Å². The molecule has 14 heteroatoms. The molecular weight excluding hydrogens is 692 g/mol. The molecule has 2 aliphatic rings. The van der Waals surface area contributed by atoms with Gasteiger partial charge in [-0.3, -0.25) is 4.40 Å². The highest BCUT2D eigenvalue weighted by Gasteiger charge is 2.29. The quantitative estimate of drug-likeness (QED) is 0.175. The standard InChI is InChI=1S/C39H45FN10O2S/c1-6-31-35(47(5)37-46-34(32(21-41)53-37)25-7-10-28(40)11-8-25)50-24-26(9-12-33(50)45-31)27-22-42-36(43-23-27)48-17-13-29(14-18-48)44-30-15-19-49(20-16-30)38(51)52-39(2,3)4/h7-12,22-24,29-30,44H,6,13-20H2,1-5H3. The fraction of sp³-hybridized carbons (Fsp3) is 0.436. The maximum Gasteiger partial charge on any atom is 0.410 e. The molecule has 0 saturated carbocycles. The van der Waals surface area contributed by atoms with Gasteiger partial charge in [-0.1, -0.05) is 18.3 Å². The number of nitriles is 1. The first-order valence-electron chi connectivity index (χ1n) is 18.2. The van der Waals surface area contributed by atoms with Crippen LogP contribution in [0.5, 0.6) is 0 Å². The molecule has 0 atom stereocenters. The van der Waals surface area contributed by atoms with Crippen molar-refractivity contribution in [3.63, 3.8) is 0 Å². The average Bonchev–Trinajstić information content (AvgIpc) is 3.76. The fourth-order valence-corrected chi connectivity index (χ4v) is 7.88. The number of imidazole rings is 1. The van der Waals surface area contributed by atoms with Crippen LogP contribution in [0.2, 0.25) is 0 Å². The number of nitrogens with zero attached hydrogens (tertiary/aromatic N) is 9. The number of likely N-dealkylation sites (tertiary alicyclic amines) is 1. The molecule has 12 nitrogen and oxygen atoms in total. The molecule has 1 aromatic carbocycles. The van der Waals surface area contributed by atoms with Gasteiger partial charge in [-0.15, -0.1) is 0 Å². The summed E-state index contributed by atoms with van der Waals surface area (Å²) in [5.74, 6) is 1.24. The highest BCUT2D eigenvalue weighted by Crippen LogP contribution is 2.37. The van der Waals surface area contributed by atoms with Crippen LogP contribution in [0.3, 0.4) is 0 Å². The summed E-state index contributed by atoms with van der Waals surface area (Å²) in [6.45, 7) is 10.9. The molecule has 0 unspecified atom stereocenters. The van der Waals surface area contributed by atoms with E-state index in [0.717, 1.165) is 73.0 Å². The number of thiazole rings is 1. The van der Waals surface area contributed by atoms with Gasteiger partial charge in [0.1, 0.15) is 39.5 Å².